The first-order valence-electron chi connectivity index (χ1n) is 6.52. The highest BCUT2D eigenvalue weighted by molar-refractivity contribution is 5.83. The summed E-state index contributed by atoms with van der Waals surface area (Å²) in [6.45, 7) is 2.60. The van der Waals surface area contributed by atoms with E-state index in [9.17, 15) is 14.4 Å². The largest absolute Gasteiger partial charge is 0.480 e. The number of carboxylic acid groups (broad SMARTS) is 1. The summed E-state index contributed by atoms with van der Waals surface area (Å²) in [5.41, 5.74) is 4.94. The molecule has 0 aliphatic rings. The van der Waals surface area contributed by atoms with Crippen molar-refractivity contribution in [2.75, 3.05) is 6.54 Å². The maximum atomic E-state index is 11.4. The van der Waals surface area contributed by atoms with Crippen LogP contribution in [0.5, 0.6) is 0 Å². The number of carbonyl (C=O) groups excluding carboxylic acids is 2. The van der Waals surface area contributed by atoms with Crippen molar-refractivity contribution in [1.29, 1.82) is 0 Å². The highest BCUT2D eigenvalue weighted by Crippen LogP contribution is 1.98. The molecule has 0 aromatic rings. The molecule has 0 aromatic carbocycles. The van der Waals surface area contributed by atoms with E-state index in [1.54, 1.807) is 0 Å². The van der Waals surface area contributed by atoms with E-state index in [0.717, 1.165) is 25.7 Å². The third-order valence-electron chi connectivity index (χ3n) is 2.60. The second-order valence-electron chi connectivity index (χ2n) is 4.36. The van der Waals surface area contributed by atoms with Gasteiger partial charge in [0.2, 0.25) is 5.91 Å². The molecule has 1 atom stereocenters. The molecule has 0 rings (SSSR count). The smallest absolute Gasteiger partial charge is 0.326 e. The molecule has 0 aliphatic carbocycles. The van der Waals surface area contributed by atoms with Crippen LogP contribution in [0.4, 0.5) is 4.79 Å². The van der Waals surface area contributed by atoms with E-state index < -0.39 is 23.9 Å². The molecule has 1 unspecified atom stereocenters. The van der Waals surface area contributed by atoms with Crippen LogP contribution >= 0.6 is 0 Å². The Morgan fingerprint density at radius 3 is 2.42 bits per heavy atom. The van der Waals surface area contributed by atoms with Gasteiger partial charge in [-0.3, -0.25) is 4.79 Å². The Morgan fingerprint density at radius 1 is 1.21 bits per heavy atom. The van der Waals surface area contributed by atoms with Gasteiger partial charge >= 0.3 is 12.0 Å². The Morgan fingerprint density at radius 2 is 1.89 bits per heavy atom. The van der Waals surface area contributed by atoms with Gasteiger partial charge in [-0.05, 0) is 12.8 Å². The number of nitrogens with one attached hydrogen (secondary N) is 2. The van der Waals surface area contributed by atoms with E-state index in [-0.39, 0.29) is 12.8 Å². The number of hydrogen-bond donors (Lipinski definition) is 4. The second-order valence-corrected chi connectivity index (χ2v) is 4.36. The lowest BCUT2D eigenvalue weighted by Crippen LogP contribution is -2.46. The lowest BCUT2D eigenvalue weighted by molar-refractivity contribution is -0.139. The predicted octanol–water partition coefficient (Wildman–Crippen LogP) is 0.585. The molecule has 5 N–H and O–H groups in total. The third kappa shape index (κ3) is 9.87. The average Bonchev–Trinajstić information content (AvgIpc) is 2.33. The summed E-state index contributed by atoms with van der Waals surface area (Å²) in [6.07, 6.45) is 4.03. The second kappa shape index (κ2) is 10.2. The molecule has 0 saturated heterocycles. The van der Waals surface area contributed by atoms with E-state index >= 15 is 0 Å². The van der Waals surface area contributed by atoms with Crippen molar-refractivity contribution in [3.8, 4) is 0 Å². The highest BCUT2D eigenvalue weighted by Gasteiger charge is 2.20. The van der Waals surface area contributed by atoms with Gasteiger partial charge in [0.05, 0.1) is 0 Å². The Bertz CT molecular complexity index is 307. The molecule has 3 amide bonds. The number of unbranched alkanes of at least 4 members (excludes halogenated alkanes) is 3. The normalized spacial score (nSPS) is 11.6. The Kier molecular flexibility index (Phi) is 9.20. The van der Waals surface area contributed by atoms with Crippen molar-refractivity contribution < 1.29 is 19.5 Å². The summed E-state index contributed by atoms with van der Waals surface area (Å²) in [4.78, 5) is 32.9. The summed E-state index contributed by atoms with van der Waals surface area (Å²) in [5.74, 6) is -1.77. The SMILES string of the molecule is CCCCCCNC(=O)NC(CCC(N)=O)C(=O)O. The molecule has 0 bridgehead atoms. The van der Waals surface area contributed by atoms with Crippen LogP contribution in [0.3, 0.4) is 0 Å². The molecule has 7 nitrogen and oxygen atoms in total. The molecular formula is C12H23N3O4. The minimum Gasteiger partial charge on any atom is -0.480 e. The van der Waals surface area contributed by atoms with Gasteiger partial charge in [-0.15, -0.1) is 0 Å². The average molecular weight is 273 g/mol. The van der Waals surface area contributed by atoms with Crippen molar-refractivity contribution in [1.82, 2.24) is 10.6 Å². The van der Waals surface area contributed by atoms with Crippen molar-refractivity contribution >= 4 is 17.9 Å². The first-order valence-corrected chi connectivity index (χ1v) is 6.52. The number of hydrogen-bond acceptors (Lipinski definition) is 3. The number of amides is 3. The molecular weight excluding hydrogens is 250 g/mol. The maximum Gasteiger partial charge on any atom is 0.326 e. The fraction of sp³-hybridized carbons (Fsp3) is 0.750. The van der Waals surface area contributed by atoms with E-state index in [1.807, 2.05) is 0 Å². The van der Waals surface area contributed by atoms with E-state index in [4.69, 9.17) is 10.8 Å². The van der Waals surface area contributed by atoms with Crippen LogP contribution in [-0.2, 0) is 9.59 Å². The van der Waals surface area contributed by atoms with Crippen LogP contribution in [0.1, 0.15) is 45.4 Å². The Balaban J connectivity index is 3.90. The zero-order valence-corrected chi connectivity index (χ0v) is 11.3. The van der Waals surface area contributed by atoms with E-state index in [1.165, 1.54) is 0 Å². The van der Waals surface area contributed by atoms with Crippen LogP contribution in [0.15, 0.2) is 0 Å². The monoisotopic (exact) mass is 273 g/mol. The first kappa shape index (κ1) is 17.2. The molecule has 19 heavy (non-hydrogen) atoms. The van der Waals surface area contributed by atoms with E-state index in [0.29, 0.717) is 6.54 Å². The molecule has 7 heteroatoms. The minimum atomic E-state index is -1.18. The number of nitrogens with two attached hydrogens (primary N) is 1. The van der Waals surface area contributed by atoms with Crippen molar-refractivity contribution in [3.05, 3.63) is 0 Å². The summed E-state index contributed by atoms with van der Waals surface area (Å²) in [7, 11) is 0. The van der Waals surface area contributed by atoms with Gasteiger partial charge in [-0.1, -0.05) is 26.2 Å². The number of urea groups is 1. The lowest BCUT2D eigenvalue weighted by atomic mass is 10.1. The fourth-order valence-electron chi connectivity index (χ4n) is 1.51. The van der Waals surface area contributed by atoms with Crippen molar-refractivity contribution in [3.63, 3.8) is 0 Å². The Hall–Kier alpha value is -1.79. The van der Waals surface area contributed by atoms with Gasteiger partial charge in [0.15, 0.2) is 0 Å². The molecule has 0 spiro atoms. The number of carboxylic acids is 1. The van der Waals surface area contributed by atoms with Crippen LogP contribution in [0.2, 0.25) is 0 Å². The van der Waals surface area contributed by atoms with Gasteiger partial charge in [0.25, 0.3) is 0 Å². The summed E-state index contributed by atoms with van der Waals surface area (Å²) in [5, 5.41) is 13.8. The van der Waals surface area contributed by atoms with Gasteiger partial charge in [-0.2, -0.15) is 0 Å². The van der Waals surface area contributed by atoms with Gasteiger partial charge < -0.3 is 21.5 Å². The standard InChI is InChI=1S/C12H23N3O4/c1-2-3-4-5-8-14-12(19)15-9(11(17)18)6-7-10(13)16/h9H,2-8H2,1H3,(H2,13,16)(H,17,18)(H2,14,15,19). The number of aliphatic carboxylic acids is 1. The van der Waals surface area contributed by atoms with Crippen LogP contribution in [0, 0.1) is 0 Å². The zero-order chi connectivity index (χ0) is 14.7. The first-order chi connectivity index (χ1) is 8.97. The van der Waals surface area contributed by atoms with Crippen molar-refractivity contribution in [2.45, 2.75) is 51.5 Å². The van der Waals surface area contributed by atoms with Gasteiger partial charge in [0, 0.05) is 13.0 Å². The summed E-state index contributed by atoms with van der Waals surface area (Å²) < 4.78 is 0. The number of rotatable bonds is 10. The van der Waals surface area contributed by atoms with Crippen LogP contribution in [-0.4, -0.2) is 35.6 Å². The molecule has 0 aliphatic heterocycles. The topological polar surface area (TPSA) is 122 Å². The molecule has 0 radical (unpaired) electrons. The zero-order valence-electron chi connectivity index (χ0n) is 11.3. The maximum absolute atomic E-state index is 11.4. The minimum absolute atomic E-state index is 0.00603. The highest BCUT2D eigenvalue weighted by atomic mass is 16.4. The van der Waals surface area contributed by atoms with Crippen LogP contribution < -0.4 is 16.4 Å². The number of primary amides is 1. The third-order valence-corrected chi connectivity index (χ3v) is 2.60. The predicted molar refractivity (Wildman–Crippen MR) is 70.5 cm³/mol. The van der Waals surface area contributed by atoms with Crippen molar-refractivity contribution in [2.24, 2.45) is 5.73 Å². The molecule has 0 fully saturated rings. The molecule has 110 valence electrons. The molecule has 0 saturated carbocycles. The summed E-state index contributed by atoms with van der Waals surface area (Å²) >= 11 is 0. The molecule has 0 heterocycles. The van der Waals surface area contributed by atoms with Gasteiger partial charge in [-0.25, -0.2) is 9.59 Å². The van der Waals surface area contributed by atoms with Crippen LogP contribution in [0.25, 0.3) is 0 Å². The van der Waals surface area contributed by atoms with E-state index in [2.05, 4.69) is 17.6 Å². The molecule has 0 aromatic heterocycles. The Labute approximate surface area is 112 Å². The lowest BCUT2D eigenvalue weighted by Gasteiger charge is -2.14. The fourth-order valence-corrected chi connectivity index (χ4v) is 1.51. The summed E-state index contributed by atoms with van der Waals surface area (Å²) in [6, 6.07) is -1.63. The quantitative estimate of drug-likeness (QED) is 0.435. The number of carbonyl (C=O) groups is 3. The van der Waals surface area contributed by atoms with Gasteiger partial charge in [0.1, 0.15) is 6.04 Å².